The zero-order valence-electron chi connectivity index (χ0n) is 12.3. The number of ether oxygens (including phenoxy) is 1. The highest BCUT2D eigenvalue weighted by atomic mass is 35.5. The number of aliphatic hydroxyl groups excluding tert-OH is 1. The fourth-order valence-electron chi connectivity index (χ4n) is 2.77. The lowest BCUT2D eigenvalue weighted by Crippen LogP contribution is -2.09. The molecule has 2 aromatic carbocycles. The topological polar surface area (TPSA) is 29.5 Å². The van der Waals surface area contributed by atoms with Crippen molar-refractivity contribution in [2.75, 3.05) is 0 Å². The van der Waals surface area contributed by atoms with Crippen molar-refractivity contribution in [3.63, 3.8) is 0 Å². The summed E-state index contributed by atoms with van der Waals surface area (Å²) in [5.74, 6) is -1.39. The van der Waals surface area contributed by atoms with Gasteiger partial charge in [0.15, 0.2) is 11.6 Å². The molecule has 0 spiro atoms. The fourth-order valence-corrected chi connectivity index (χ4v) is 3.01. The highest BCUT2D eigenvalue weighted by Gasteiger charge is 2.32. The average Bonchev–Trinajstić information content (AvgIpc) is 2.50. The molecule has 0 amide bonds. The van der Waals surface area contributed by atoms with E-state index in [1.165, 1.54) is 6.07 Å². The molecule has 0 saturated carbocycles. The Labute approximate surface area is 140 Å². The molecule has 128 valence electrons. The van der Waals surface area contributed by atoms with Crippen molar-refractivity contribution >= 4 is 11.6 Å². The van der Waals surface area contributed by atoms with E-state index >= 15 is 0 Å². The van der Waals surface area contributed by atoms with Crippen LogP contribution in [0.1, 0.15) is 35.6 Å². The number of hydrogen-bond donors (Lipinski definition) is 1. The lowest BCUT2D eigenvalue weighted by atomic mass is 9.89. The Bertz CT molecular complexity index is 751. The summed E-state index contributed by atoms with van der Waals surface area (Å²) < 4.78 is 57.3. The first-order valence-electron chi connectivity index (χ1n) is 7.30. The lowest BCUT2D eigenvalue weighted by molar-refractivity contribution is -0.137. The first-order chi connectivity index (χ1) is 11.3. The van der Waals surface area contributed by atoms with Crippen LogP contribution in [0.5, 0.6) is 11.5 Å². The predicted octanol–water partition coefficient (Wildman–Crippen LogP) is 5.66. The van der Waals surface area contributed by atoms with Crippen LogP contribution in [0, 0.1) is 5.82 Å². The molecule has 0 radical (unpaired) electrons. The summed E-state index contributed by atoms with van der Waals surface area (Å²) in [7, 11) is 0. The van der Waals surface area contributed by atoms with Gasteiger partial charge in [-0.05, 0) is 54.7 Å². The van der Waals surface area contributed by atoms with E-state index in [4.69, 9.17) is 16.3 Å². The zero-order chi connectivity index (χ0) is 17.5. The second-order valence-corrected chi connectivity index (χ2v) is 6.04. The zero-order valence-corrected chi connectivity index (χ0v) is 13.1. The minimum atomic E-state index is -4.69. The van der Waals surface area contributed by atoms with Crippen molar-refractivity contribution < 1.29 is 27.4 Å². The van der Waals surface area contributed by atoms with Gasteiger partial charge in [-0.1, -0.05) is 17.7 Å². The Morgan fingerprint density at radius 2 is 1.92 bits per heavy atom. The van der Waals surface area contributed by atoms with Crippen LogP contribution >= 0.6 is 11.6 Å². The van der Waals surface area contributed by atoms with E-state index in [1.807, 2.05) is 0 Å². The Morgan fingerprint density at radius 3 is 2.58 bits per heavy atom. The highest BCUT2D eigenvalue weighted by Crippen LogP contribution is 2.39. The number of hydrogen-bond acceptors (Lipinski definition) is 2. The van der Waals surface area contributed by atoms with Crippen LogP contribution in [0.25, 0.3) is 0 Å². The van der Waals surface area contributed by atoms with Gasteiger partial charge in [-0.25, -0.2) is 4.39 Å². The quantitative estimate of drug-likeness (QED) is 0.700. The van der Waals surface area contributed by atoms with Gasteiger partial charge < -0.3 is 9.84 Å². The van der Waals surface area contributed by atoms with Gasteiger partial charge in [0, 0.05) is 0 Å². The molecular weight excluding hydrogens is 348 g/mol. The number of aryl methyl sites for hydroxylation is 1. The molecule has 2 nitrogen and oxygen atoms in total. The molecule has 1 N–H and O–H groups in total. The first kappa shape index (κ1) is 17.0. The van der Waals surface area contributed by atoms with Crippen LogP contribution in [0.15, 0.2) is 30.3 Å². The van der Waals surface area contributed by atoms with E-state index in [1.54, 1.807) is 12.1 Å². The first-order valence-corrected chi connectivity index (χ1v) is 7.68. The Hall–Kier alpha value is -1.79. The van der Waals surface area contributed by atoms with Crippen molar-refractivity contribution in [3.05, 3.63) is 57.9 Å². The number of alkyl halides is 3. The van der Waals surface area contributed by atoms with Crippen molar-refractivity contribution in [2.24, 2.45) is 0 Å². The van der Waals surface area contributed by atoms with Gasteiger partial charge >= 0.3 is 6.18 Å². The molecule has 1 unspecified atom stereocenters. The van der Waals surface area contributed by atoms with Gasteiger partial charge in [0.05, 0.1) is 16.7 Å². The minimum absolute atomic E-state index is 0.253. The molecule has 1 aliphatic carbocycles. The maximum Gasteiger partial charge on any atom is 0.416 e. The van der Waals surface area contributed by atoms with Crippen molar-refractivity contribution in [1.82, 2.24) is 0 Å². The van der Waals surface area contributed by atoms with Crippen molar-refractivity contribution in [1.29, 1.82) is 0 Å². The second-order valence-electron chi connectivity index (χ2n) is 5.64. The normalized spacial score (nSPS) is 17.5. The van der Waals surface area contributed by atoms with Crippen molar-refractivity contribution in [3.8, 4) is 11.5 Å². The standard InChI is InChI=1S/C17H13ClF4O2/c18-13-7-10(17(20,21)22)8-14(19)16(13)24-11-4-5-12-9(6-11)2-1-3-15(12)23/h4-8,15,23H,1-3H2. The molecule has 24 heavy (non-hydrogen) atoms. The average molecular weight is 361 g/mol. The van der Waals surface area contributed by atoms with Crippen LogP contribution in [0.2, 0.25) is 5.02 Å². The minimum Gasteiger partial charge on any atom is -0.453 e. The van der Waals surface area contributed by atoms with E-state index in [2.05, 4.69) is 0 Å². The molecule has 0 fully saturated rings. The molecule has 7 heteroatoms. The molecule has 2 aromatic rings. The molecule has 0 heterocycles. The fraction of sp³-hybridized carbons (Fsp3) is 0.294. The smallest absolute Gasteiger partial charge is 0.416 e. The summed E-state index contributed by atoms with van der Waals surface area (Å²) in [6.45, 7) is 0. The largest absolute Gasteiger partial charge is 0.453 e. The van der Waals surface area contributed by atoms with E-state index in [0.29, 0.717) is 18.6 Å². The summed E-state index contributed by atoms with van der Waals surface area (Å²) in [6.07, 6.45) is -3.01. The third kappa shape index (κ3) is 3.35. The van der Waals surface area contributed by atoms with Gasteiger partial charge in [-0.3, -0.25) is 0 Å². The van der Waals surface area contributed by atoms with Crippen LogP contribution in [-0.4, -0.2) is 5.11 Å². The molecule has 3 rings (SSSR count). The summed E-state index contributed by atoms with van der Waals surface area (Å²) in [5.41, 5.74) is 0.480. The van der Waals surface area contributed by atoms with E-state index in [-0.39, 0.29) is 5.75 Å². The summed E-state index contributed by atoms with van der Waals surface area (Å²) in [6, 6.07) is 5.82. The summed E-state index contributed by atoms with van der Waals surface area (Å²) in [5, 5.41) is 9.45. The Balaban J connectivity index is 1.92. The number of halogens is 5. The van der Waals surface area contributed by atoms with Gasteiger partial charge in [0.1, 0.15) is 5.75 Å². The number of rotatable bonds is 2. The Morgan fingerprint density at radius 1 is 1.17 bits per heavy atom. The molecule has 0 saturated heterocycles. The third-order valence-corrected chi connectivity index (χ3v) is 4.22. The lowest BCUT2D eigenvalue weighted by Gasteiger charge is -2.22. The number of fused-ring (bicyclic) bond motifs is 1. The van der Waals surface area contributed by atoms with E-state index in [9.17, 15) is 22.7 Å². The number of aliphatic hydroxyl groups is 1. The molecule has 0 aromatic heterocycles. The highest BCUT2D eigenvalue weighted by molar-refractivity contribution is 6.32. The summed E-state index contributed by atoms with van der Waals surface area (Å²) >= 11 is 5.75. The van der Waals surface area contributed by atoms with Gasteiger partial charge in [0.25, 0.3) is 0 Å². The van der Waals surface area contributed by atoms with E-state index < -0.39 is 34.4 Å². The molecule has 0 bridgehead atoms. The molecule has 0 aliphatic heterocycles. The third-order valence-electron chi connectivity index (χ3n) is 3.94. The van der Waals surface area contributed by atoms with E-state index in [0.717, 1.165) is 24.0 Å². The van der Waals surface area contributed by atoms with Crippen LogP contribution < -0.4 is 4.74 Å². The van der Waals surface area contributed by atoms with Crippen LogP contribution in [0.3, 0.4) is 0 Å². The van der Waals surface area contributed by atoms with Gasteiger partial charge in [0.2, 0.25) is 0 Å². The predicted molar refractivity (Wildman–Crippen MR) is 80.8 cm³/mol. The monoisotopic (exact) mass is 360 g/mol. The van der Waals surface area contributed by atoms with Crippen molar-refractivity contribution in [2.45, 2.75) is 31.5 Å². The molecule has 1 aliphatic rings. The second kappa shape index (κ2) is 6.26. The molecule has 1 atom stereocenters. The van der Waals surface area contributed by atoms with Gasteiger partial charge in [-0.15, -0.1) is 0 Å². The van der Waals surface area contributed by atoms with Crippen LogP contribution in [-0.2, 0) is 12.6 Å². The maximum atomic E-state index is 14.0. The molecular formula is C17H13ClF4O2. The van der Waals surface area contributed by atoms with Crippen LogP contribution in [0.4, 0.5) is 17.6 Å². The number of benzene rings is 2. The van der Waals surface area contributed by atoms with Gasteiger partial charge in [-0.2, -0.15) is 13.2 Å². The summed E-state index contributed by atoms with van der Waals surface area (Å²) in [4.78, 5) is 0. The SMILES string of the molecule is OC1CCCc2cc(Oc3c(F)cc(C(F)(F)F)cc3Cl)ccc21. The maximum absolute atomic E-state index is 14.0. The Kier molecular flexibility index (Phi) is 4.44.